The van der Waals surface area contributed by atoms with Crippen LogP contribution in [0.2, 0.25) is 0 Å². The van der Waals surface area contributed by atoms with Gasteiger partial charge in [0.05, 0.1) is 6.54 Å². The molecule has 1 aliphatic rings. The first-order valence-corrected chi connectivity index (χ1v) is 7.54. The summed E-state index contributed by atoms with van der Waals surface area (Å²) in [5.74, 6) is 0.895. The van der Waals surface area contributed by atoms with E-state index < -0.39 is 0 Å². The van der Waals surface area contributed by atoms with Gasteiger partial charge in [0.2, 0.25) is 0 Å². The molecule has 0 saturated carbocycles. The van der Waals surface area contributed by atoms with Gasteiger partial charge in [-0.2, -0.15) is 0 Å². The molecule has 2 aromatic rings. The van der Waals surface area contributed by atoms with Crippen LogP contribution in [0.5, 0.6) is 5.75 Å². The van der Waals surface area contributed by atoms with Gasteiger partial charge >= 0.3 is 0 Å². The van der Waals surface area contributed by atoms with Gasteiger partial charge in [0.15, 0.2) is 0 Å². The van der Waals surface area contributed by atoms with Gasteiger partial charge in [-0.3, -0.25) is 0 Å². The van der Waals surface area contributed by atoms with E-state index in [1.807, 2.05) is 36.4 Å². The third kappa shape index (κ3) is 2.75. The van der Waals surface area contributed by atoms with Crippen LogP contribution >= 0.6 is 15.9 Å². The summed E-state index contributed by atoms with van der Waals surface area (Å²) in [7, 11) is 0. The van der Waals surface area contributed by atoms with Crippen molar-refractivity contribution in [3.8, 4) is 5.75 Å². The zero-order chi connectivity index (χ0) is 13.9. The highest BCUT2D eigenvalue weighted by Crippen LogP contribution is 2.31. The molecular formula is C16H17BrN2O. The number of hydrogen-bond donors (Lipinski definition) is 1. The lowest BCUT2D eigenvalue weighted by molar-refractivity contribution is 0.324. The molecule has 20 heavy (non-hydrogen) atoms. The molecule has 0 aliphatic carbocycles. The Hall–Kier alpha value is -1.68. The van der Waals surface area contributed by atoms with Crippen molar-refractivity contribution < 1.29 is 4.74 Å². The predicted molar refractivity (Wildman–Crippen MR) is 86.4 cm³/mol. The highest BCUT2D eigenvalue weighted by atomic mass is 79.9. The molecule has 0 saturated heterocycles. The van der Waals surface area contributed by atoms with Gasteiger partial charge in [-0.1, -0.05) is 28.1 Å². The number of nitrogens with two attached hydrogens (primary N) is 1. The minimum atomic E-state index is 0.671. The monoisotopic (exact) mass is 332 g/mol. The van der Waals surface area contributed by atoms with E-state index in [0.29, 0.717) is 6.61 Å². The minimum Gasteiger partial charge on any atom is -0.492 e. The van der Waals surface area contributed by atoms with Gasteiger partial charge in [0.1, 0.15) is 12.4 Å². The normalized spacial score (nSPS) is 13.3. The van der Waals surface area contributed by atoms with Crippen LogP contribution in [0.4, 0.5) is 11.4 Å². The molecule has 3 rings (SSSR count). The fraction of sp³-hybridized carbons (Fsp3) is 0.250. The molecule has 0 bridgehead atoms. The second kappa shape index (κ2) is 5.75. The Morgan fingerprint density at radius 3 is 2.90 bits per heavy atom. The van der Waals surface area contributed by atoms with Crippen LogP contribution in [0, 0.1) is 0 Å². The van der Waals surface area contributed by atoms with E-state index in [4.69, 9.17) is 10.5 Å². The SMILES string of the molecule is Nc1cccc2c1CCN2CCOc1cccc(Br)c1. The first-order valence-electron chi connectivity index (χ1n) is 6.75. The average Bonchev–Trinajstić information content (AvgIpc) is 2.84. The van der Waals surface area contributed by atoms with Crippen LogP contribution in [0.3, 0.4) is 0 Å². The summed E-state index contributed by atoms with van der Waals surface area (Å²) in [5, 5.41) is 0. The highest BCUT2D eigenvalue weighted by molar-refractivity contribution is 9.10. The largest absolute Gasteiger partial charge is 0.492 e. The molecule has 0 spiro atoms. The van der Waals surface area contributed by atoms with Gasteiger partial charge < -0.3 is 15.4 Å². The van der Waals surface area contributed by atoms with Gasteiger partial charge in [0.25, 0.3) is 0 Å². The van der Waals surface area contributed by atoms with E-state index >= 15 is 0 Å². The third-order valence-corrected chi connectivity index (χ3v) is 4.08. The van der Waals surface area contributed by atoms with Crippen molar-refractivity contribution in [1.29, 1.82) is 0 Å². The van der Waals surface area contributed by atoms with Gasteiger partial charge in [-0.15, -0.1) is 0 Å². The molecule has 0 atom stereocenters. The molecular weight excluding hydrogens is 316 g/mol. The summed E-state index contributed by atoms with van der Waals surface area (Å²) in [5.41, 5.74) is 9.43. The number of rotatable bonds is 4. The zero-order valence-corrected chi connectivity index (χ0v) is 12.8. The number of hydrogen-bond acceptors (Lipinski definition) is 3. The van der Waals surface area contributed by atoms with Crippen molar-refractivity contribution in [3.63, 3.8) is 0 Å². The second-order valence-corrected chi connectivity index (χ2v) is 5.80. The molecule has 0 radical (unpaired) electrons. The van der Waals surface area contributed by atoms with E-state index in [1.165, 1.54) is 11.3 Å². The Balaban J connectivity index is 1.60. The Kier molecular flexibility index (Phi) is 3.83. The number of benzene rings is 2. The first kappa shape index (κ1) is 13.3. The molecule has 0 unspecified atom stereocenters. The van der Waals surface area contributed by atoms with Crippen LogP contribution < -0.4 is 15.4 Å². The number of halogens is 1. The maximum atomic E-state index is 6.01. The summed E-state index contributed by atoms with van der Waals surface area (Å²) >= 11 is 3.45. The van der Waals surface area contributed by atoms with Crippen LogP contribution in [0.15, 0.2) is 46.9 Å². The number of nitrogen functional groups attached to an aromatic ring is 1. The van der Waals surface area contributed by atoms with E-state index in [2.05, 4.69) is 26.9 Å². The molecule has 0 aromatic heterocycles. The predicted octanol–water partition coefficient (Wildman–Crippen LogP) is 3.47. The number of nitrogens with zero attached hydrogens (tertiary/aromatic N) is 1. The van der Waals surface area contributed by atoms with Crippen molar-refractivity contribution in [1.82, 2.24) is 0 Å². The average molecular weight is 333 g/mol. The molecule has 0 fully saturated rings. The number of ether oxygens (including phenoxy) is 1. The van der Waals surface area contributed by atoms with Gasteiger partial charge in [0, 0.05) is 28.0 Å². The maximum absolute atomic E-state index is 6.01. The van der Waals surface area contributed by atoms with Crippen LogP contribution in [-0.2, 0) is 6.42 Å². The van der Waals surface area contributed by atoms with E-state index in [1.54, 1.807) is 0 Å². The van der Waals surface area contributed by atoms with E-state index in [9.17, 15) is 0 Å². The molecule has 2 N–H and O–H groups in total. The van der Waals surface area contributed by atoms with Gasteiger partial charge in [-0.25, -0.2) is 0 Å². The molecule has 2 aromatic carbocycles. The summed E-state index contributed by atoms with van der Waals surface area (Å²) in [4.78, 5) is 2.34. The second-order valence-electron chi connectivity index (χ2n) is 4.89. The number of anilines is 2. The molecule has 104 valence electrons. The lowest BCUT2D eigenvalue weighted by Crippen LogP contribution is -2.26. The van der Waals surface area contributed by atoms with E-state index in [0.717, 1.165) is 35.4 Å². The Labute approximate surface area is 127 Å². The molecule has 0 amide bonds. The highest BCUT2D eigenvalue weighted by Gasteiger charge is 2.20. The summed E-state index contributed by atoms with van der Waals surface area (Å²) < 4.78 is 6.83. The third-order valence-electron chi connectivity index (χ3n) is 3.59. The van der Waals surface area contributed by atoms with Crippen molar-refractivity contribution in [2.45, 2.75) is 6.42 Å². The number of fused-ring (bicyclic) bond motifs is 1. The van der Waals surface area contributed by atoms with Gasteiger partial charge in [-0.05, 0) is 36.8 Å². The fourth-order valence-corrected chi connectivity index (χ4v) is 2.97. The van der Waals surface area contributed by atoms with Crippen LogP contribution in [0.25, 0.3) is 0 Å². The lowest BCUT2D eigenvalue weighted by atomic mass is 10.1. The van der Waals surface area contributed by atoms with Crippen molar-refractivity contribution in [2.24, 2.45) is 0 Å². The van der Waals surface area contributed by atoms with Crippen molar-refractivity contribution in [2.75, 3.05) is 30.3 Å². The molecule has 3 nitrogen and oxygen atoms in total. The molecule has 1 heterocycles. The summed E-state index contributed by atoms with van der Waals surface area (Å²) in [6, 6.07) is 14.0. The molecule has 1 aliphatic heterocycles. The topological polar surface area (TPSA) is 38.5 Å². The quantitative estimate of drug-likeness (QED) is 0.871. The minimum absolute atomic E-state index is 0.671. The smallest absolute Gasteiger partial charge is 0.120 e. The Morgan fingerprint density at radius 1 is 1.20 bits per heavy atom. The fourth-order valence-electron chi connectivity index (χ4n) is 2.59. The zero-order valence-electron chi connectivity index (χ0n) is 11.2. The Bertz CT molecular complexity index is 615. The molecule has 4 heteroatoms. The maximum Gasteiger partial charge on any atom is 0.120 e. The van der Waals surface area contributed by atoms with Crippen molar-refractivity contribution in [3.05, 3.63) is 52.5 Å². The lowest BCUT2D eigenvalue weighted by Gasteiger charge is -2.19. The van der Waals surface area contributed by atoms with E-state index in [-0.39, 0.29) is 0 Å². The van der Waals surface area contributed by atoms with Crippen LogP contribution in [-0.4, -0.2) is 19.7 Å². The van der Waals surface area contributed by atoms with Crippen molar-refractivity contribution >= 4 is 27.3 Å². The summed E-state index contributed by atoms with van der Waals surface area (Å²) in [6.07, 6.45) is 1.03. The Morgan fingerprint density at radius 2 is 2.05 bits per heavy atom. The summed E-state index contributed by atoms with van der Waals surface area (Å²) in [6.45, 7) is 2.57. The first-order chi connectivity index (χ1) is 9.74. The standard InChI is InChI=1S/C16H17BrN2O/c17-12-3-1-4-13(11-12)20-10-9-19-8-7-14-15(18)5-2-6-16(14)19/h1-6,11H,7-10,18H2. The van der Waals surface area contributed by atoms with Crippen LogP contribution in [0.1, 0.15) is 5.56 Å².